The van der Waals surface area contributed by atoms with E-state index in [1.165, 1.54) is 0 Å². The maximum Gasteiger partial charge on any atom is 0.334 e. The van der Waals surface area contributed by atoms with E-state index in [1.54, 1.807) is 58.3 Å². The van der Waals surface area contributed by atoms with Gasteiger partial charge in [-0.2, -0.15) is 0 Å². The lowest BCUT2D eigenvalue weighted by Gasteiger charge is -2.32. The molecule has 0 radical (unpaired) electrons. The first-order valence-corrected chi connectivity index (χ1v) is 10.4. The quantitative estimate of drug-likeness (QED) is 0.395. The van der Waals surface area contributed by atoms with Crippen molar-refractivity contribution in [2.45, 2.75) is 33.1 Å². The van der Waals surface area contributed by atoms with Crippen LogP contribution in [-0.2, 0) is 19.1 Å². The zero-order valence-electron chi connectivity index (χ0n) is 19.1. The molecule has 0 amide bonds. The second-order valence-electron chi connectivity index (χ2n) is 7.71. The summed E-state index contributed by atoms with van der Waals surface area (Å²) in [5.74, 6) is -3.88. The average Bonchev–Trinajstić information content (AvgIpc) is 2.70. The van der Waals surface area contributed by atoms with E-state index in [2.05, 4.69) is 5.32 Å². The number of benzene rings is 1. The number of aliphatic carboxylic acids is 2. The summed E-state index contributed by atoms with van der Waals surface area (Å²) in [7, 11) is 3.61. The molecule has 0 saturated heterocycles. The lowest BCUT2D eigenvalue weighted by atomic mass is 9.78. The van der Waals surface area contributed by atoms with Gasteiger partial charge in [0.25, 0.3) is 0 Å². The molecule has 2 rings (SSSR count). The highest BCUT2D eigenvalue weighted by molar-refractivity contribution is 5.99. The molecule has 8 nitrogen and oxygen atoms in total. The van der Waals surface area contributed by atoms with Crippen molar-refractivity contribution in [1.29, 1.82) is 0 Å². The van der Waals surface area contributed by atoms with Crippen LogP contribution in [0.25, 0.3) is 6.08 Å². The summed E-state index contributed by atoms with van der Waals surface area (Å²) in [5.41, 5.74) is 2.21. The molecule has 32 heavy (non-hydrogen) atoms. The number of hydrogen-bond donors (Lipinski definition) is 3. The molecule has 1 aliphatic heterocycles. The van der Waals surface area contributed by atoms with Gasteiger partial charge in [0.15, 0.2) is 0 Å². The highest BCUT2D eigenvalue weighted by Crippen LogP contribution is 2.40. The van der Waals surface area contributed by atoms with Crippen LogP contribution in [0.15, 0.2) is 52.4 Å². The van der Waals surface area contributed by atoms with Crippen molar-refractivity contribution >= 4 is 24.0 Å². The number of nitrogens with one attached hydrogen (secondary N) is 1. The van der Waals surface area contributed by atoms with E-state index in [4.69, 9.17) is 4.74 Å². The second-order valence-corrected chi connectivity index (χ2v) is 7.71. The Morgan fingerprint density at radius 2 is 1.72 bits per heavy atom. The molecule has 0 aromatic heterocycles. The Kier molecular flexibility index (Phi) is 8.37. The summed E-state index contributed by atoms with van der Waals surface area (Å²) in [4.78, 5) is 38.7. The fourth-order valence-corrected chi connectivity index (χ4v) is 3.81. The molecule has 1 atom stereocenters. The molecule has 0 fully saturated rings. The van der Waals surface area contributed by atoms with Crippen LogP contribution in [-0.4, -0.2) is 60.3 Å². The van der Waals surface area contributed by atoms with E-state index < -0.39 is 23.8 Å². The molecule has 1 aromatic carbocycles. The molecule has 1 unspecified atom stereocenters. The van der Waals surface area contributed by atoms with Crippen molar-refractivity contribution < 1.29 is 29.3 Å². The van der Waals surface area contributed by atoms with Crippen LogP contribution in [0.3, 0.4) is 0 Å². The zero-order chi connectivity index (χ0) is 24.0. The predicted octanol–water partition coefficient (Wildman–Crippen LogP) is 2.99. The van der Waals surface area contributed by atoms with Gasteiger partial charge in [-0.15, -0.1) is 0 Å². The topological polar surface area (TPSA) is 116 Å². The third-order valence-electron chi connectivity index (χ3n) is 5.14. The number of allylic oxidation sites excluding steroid dienone is 1. The minimum atomic E-state index is -1.21. The Labute approximate surface area is 187 Å². The molecule has 1 aromatic rings. The van der Waals surface area contributed by atoms with Gasteiger partial charge in [0.1, 0.15) is 0 Å². The van der Waals surface area contributed by atoms with Crippen LogP contribution in [0, 0.1) is 0 Å². The van der Waals surface area contributed by atoms with Gasteiger partial charge < -0.3 is 25.2 Å². The number of carboxylic acid groups (broad SMARTS) is 2. The van der Waals surface area contributed by atoms with Gasteiger partial charge in [-0.25, -0.2) is 14.4 Å². The Hall–Kier alpha value is -3.39. The van der Waals surface area contributed by atoms with E-state index in [-0.39, 0.29) is 17.8 Å². The molecule has 1 heterocycles. The van der Waals surface area contributed by atoms with Gasteiger partial charge in [-0.05, 0) is 51.6 Å². The summed E-state index contributed by atoms with van der Waals surface area (Å²) < 4.78 is 5.12. The number of dihydropyridines is 1. The number of ether oxygens (including phenoxy) is 1. The number of carbonyl (C=O) groups excluding carboxylic acids is 1. The Balaban J connectivity index is 2.80. The number of nitrogens with zero attached hydrogens (tertiary/aromatic N) is 1. The number of carbonyl (C=O) groups is 3. The van der Waals surface area contributed by atoms with Gasteiger partial charge in [-0.3, -0.25) is 0 Å². The second kappa shape index (κ2) is 10.8. The van der Waals surface area contributed by atoms with Gasteiger partial charge in [0.2, 0.25) is 0 Å². The maximum atomic E-state index is 12.4. The fourth-order valence-electron chi connectivity index (χ4n) is 3.81. The van der Waals surface area contributed by atoms with Gasteiger partial charge in [0, 0.05) is 23.5 Å². The van der Waals surface area contributed by atoms with Crippen LogP contribution in [0.4, 0.5) is 0 Å². The van der Waals surface area contributed by atoms with Gasteiger partial charge in [-0.1, -0.05) is 31.2 Å². The molecular formula is C24H30N2O6. The normalized spacial score (nSPS) is 16.8. The van der Waals surface area contributed by atoms with Gasteiger partial charge >= 0.3 is 17.9 Å². The van der Waals surface area contributed by atoms with Crippen molar-refractivity contribution in [1.82, 2.24) is 10.2 Å². The summed E-state index contributed by atoms with van der Waals surface area (Å²) in [6.45, 7) is 5.69. The molecule has 3 N–H and O–H groups in total. The number of rotatable bonds is 9. The number of hydrogen-bond acceptors (Lipinski definition) is 6. The molecule has 1 aliphatic rings. The Morgan fingerprint density at radius 3 is 2.25 bits per heavy atom. The molecular weight excluding hydrogens is 412 g/mol. The van der Waals surface area contributed by atoms with Gasteiger partial charge in [0.05, 0.1) is 23.7 Å². The lowest BCUT2D eigenvalue weighted by Crippen LogP contribution is -2.36. The first kappa shape index (κ1) is 24.9. The van der Waals surface area contributed by atoms with Crippen molar-refractivity contribution in [2.24, 2.45) is 0 Å². The smallest absolute Gasteiger partial charge is 0.334 e. The lowest BCUT2D eigenvalue weighted by molar-refractivity contribution is -0.138. The molecule has 0 bridgehead atoms. The zero-order valence-corrected chi connectivity index (χ0v) is 19.1. The van der Waals surface area contributed by atoms with E-state index in [0.717, 1.165) is 0 Å². The van der Waals surface area contributed by atoms with Crippen molar-refractivity contribution in [2.75, 3.05) is 27.2 Å². The van der Waals surface area contributed by atoms with E-state index in [1.807, 2.05) is 11.8 Å². The highest BCUT2D eigenvalue weighted by atomic mass is 16.5. The molecule has 8 heteroatoms. The third kappa shape index (κ3) is 5.45. The molecule has 0 aliphatic carbocycles. The minimum absolute atomic E-state index is 0.0308. The molecule has 0 spiro atoms. The fraction of sp³-hybridized carbons (Fsp3) is 0.375. The Bertz CT molecular complexity index is 1000. The van der Waals surface area contributed by atoms with Crippen LogP contribution < -0.4 is 5.32 Å². The van der Waals surface area contributed by atoms with Crippen LogP contribution in [0.5, 0.6) is 0 Å². The average molecular weight is 443 g/mol. The summed E-state index contributed by atoms with van der Waals surface area (Å²) in [5, 5.41) is 23.0. The Morgan fingerprint density at radius 1 is 1.09 bits per heavy atom. The largest absolute Gasteiger partial charge is 0.478 e. The summed E-state index contributed by atoms with van der Waals surface area (Å²) >= 11 is 0. The first-order chi connectivity index (χ1) is 15.1. The van der Waals surface area contributed by atoms with E-state index in [9.17, 15) is 24.6 Å². The predicted molar refractivity (Wildman–Crippen MR) is 121 cm³/mol. The summed E-state index contributed by atoms with van der Waals surface area (Å²) in [6, 6.07) is 6.93. The SMILES string of the molecule is CCOC(=O)C(=Cc1ccccc1C1C(C(=O)O)=C(C)NC(CN(C)C)=C1C(=O)O)CC. The first-order valence-electron chi connectivity index (χ1n) is 10.4. The number of carboxylic acids is 2. The van der Waals surface area contributed by atoms with E-state index in [0.29, 0.717) is 41.1 Å². The number of likely N-dealkylation sites (N-methyl/N-ethyl adjacent to an activating group) is 1. The highest BCUT2D eigenvalue weighted by Gasteiger charge is 2.38. The van der Waals surface area contributed by atoms with Crippen LogP contribution in [0.2, 0.25) is 0 Å². The van der Waals surface area contributed by atoms with Crippen LogP contribution >= 0.6 is 0 Å². The van der Waals surface area contributed by atoms with Crippen molar-refractivity contribution in [3.8, 4) is 0 Å². The minimum Gasteiger partial charge on any atom is -0.478 e. The number of esters is 1. The van der Waals surface area contributed by atoms with Crippen molar-refractivity contribution in [3.05, 3.63) is 63.5 Å². The monoisotopic (exact) mass is 442 g/mol. The van der Waals surface area contributed by atoms with Crippen molar-refractivity contribution in [3.63, 3.8) is 0 Å². The molecule has 172 valence electrons. The maximum absolute atomic E-state index is 12.4. The standard InChI is InChI=1S/C24H30N2O6/c1-6-15(24(31)32-7-2)12-16-10-8-9-11-17(16)20-19(22(27)28)14(3)25-18(13-26(4)5)21(20)23(29)30/h8-12,20,25H,6-7,13H2,1-5H3,(H,27,28)(H,29,30). The molecule has 0 saturated carbocycles. The summed E-state index contributed by atoms with van der Waals surface area (Å²) in [6.07, 6.45) is 2.06. The van der Waals surface area contributed by atoms with E-state index >= 15 is 0 Å². The van der Waals surface area contributed by atoms with Crippen LogP contribution in [0.1, 0.15) is 44.2 Å². The third-order valence-corrected chi connectivity index (χ3v) is 5.14.